The Morgan fingerprint density at radius 3 is 2.68 bits per heavy atom. The SMILES string of the molecule is CC(CS(C)(=O)=O)NC(=O)CCc1cccc(N)c1. The smallest absolute Gasteiger partial charge is 0.220 e. The number of nitrogen functional groups attached to an aromatic ring is 1. The van der Waals surface area contributed by atoms with Crippen LogP contribution in [0.3, 0.4) is 0 Å². The third kappa shape index (κ3) is 6.81. The van der Waals surface area contributed by atoms with Crippen molar-refractivity contribution in [1.82, 2.24) is 5.32 Å². The van der Waals surface area contributed by atoms with Crippen LogP contribution in [0.15, 0.2) is 24.3 Å². The second kappa shape index (κ2) is 6.56. The zero-order chi connectivity index (χ0) is 14.5. The number of rotatable bonds is 6. The number of nitrogens with two attached hydrogens (primary N) is 1. The van der Waals surface area contributed by atoms with Crippen molar-refractivity contribution in [3.05, 3.63) is 29.8 Å². The van der Waals surface area contributed by atoms with Crippen LogP contribution in [0, 0.1) is 0 Å². The van der Waals surface area contributed by atoms with Crippen molar-refractivity contribution in [2.45, 2.75) is 25.8 Å². The highest BCUT2D eigenvalue weighted by Crippen LogP contribution is 2.08. The molecule has 5 nitrogen and oxygen atoms in total. The number of hydrogen-bond donors (Lipinski definition) is 2. The summed E-state index contributed by atoms with van der Waals surface area (Å²) in [5.41, 5.74) is 7.31. The highest BCUT2D eigenvalue weighted by atomic mass is 32.2. The molecule has 0 aromatic heterocycles. The van der Waals surface area contributed by atoms with Gasteiger partial charge in [-0.05, 0) is 31.0 Å². The van der Waals surface area contributed by atoms with Gasteiger partial charge in [0.2, 0.25) is 5.91 Å². The average molecular weight is 284 g/mol. The fourth-order valence-electron chi connectivity index (χ4n) is 1.85. The normalized spacial score (nSPS) is 12.9. The summed E-state index contributed by atoms with van der Waals surface area (Å²) in [5.74, 6) is -0.199. The average Bonchev–Trinajstić information content (AvgIpc) is 2.23. The third-order valence-corrected chi connectivity index (χ3v) is 3.66. The first-order chi connectivity index (χ1) is 8.76. The van der Waals surface area contributed by atoms with Gasteiger partial charge in [0.05, 0.1) is 5.75 Å². The lowest BCUT2D eigenvalue weighted by molar-refractivity contribution is -0.121. The Kier molecular flexibility index (Phi) is 5.35. The molecule has 0 aliphatic carbocycles. The summed E-state index contributed by atoms with van der Waals surface area (Å²) in [7, 11) is -3.07. The van der Waals surface area contributed by atoms with Crippen molar-refractivity contribution >= 4 is 21.4 Å². The molecule has 0 bridgehead atoms. The number of anilines is 1. The molecule has 6 heteroatoms. The molecule has 19 heavy (non-hydrogen) atoms. The number of sulfone groups is 1. The Morgan fingerprint density at radius 2 is 2.11 bits per heavy atom. The largest absolute Gasteiger partial charge is 0.399 e. The maximum absolute atomic E-state index is 11.7. The van der Waals surface area contributed by atoms with Crippen LogP contribution in [-0.4, -0.2) is 32.4 Å². The summed E-state index contributed by atoms with van der Waals surface area (Å²) in [6.07, 6.45) is 2.06. The topological polar surface area (TPSA) is 89.3 Å². The highest BCUT2D eigenvalue weighted by Gasteiger charge is 2.12. The molecule has 1 aromatic carbocycles. The van der Waals surface area contributed by atoms with E-state index in [1.807, 2.05) is 18.2 Å². The van der Waals surface area contributed by atoms with E-state index in [4.69, 9.17) is 5.73 Å². The molecule has 0 spiro atoms. The van der Waals surface area contributed by atoms with Gasteiger partial charge in [-0.15, -0.1) is 0 Å². The zero-order valence-corrected chi connectivity index (χ0v) is 12.0. The number of carbonyl (C=O) groups is 1. The first-order valence-corrected chi connectivity index (χ1v) is 8.14. The van der Waals surface area contributed by atoms with Crippen LogP contribution in [0.25, 0.3) is 0 Å². The molecular formula is C13H20N2O3S. The van der Waals surface area contributed by atoms with E-state index in [0.29, 0.717) is 18.5 Å². The molecule has 0 radical (unpaired) electrons. The maximum Gasteiger partial charge on any atom is 0.220 e. The lowest BCUT2D eigenvalue weighted by atomic mass is 10.1. The minimum atomic E-state index is -3.07. The summed E-state index contributed by atoms with van der Waals surface area (Å²) >= 11 is 0. The summed E-state index contributed by atoms with van der Waals surface area (Å²) < 4.78 is 22.1. The molecule has 1 rings (SSSR count). The lowest BCUT2D eigenvalue weighted by Crippen LogP contribution is -2.37. The van der Waals surface area contributed by atoms with Crippen LogP contribution in [0.1, 0.15) is 18.9 Å². The molecule has 106 valence electrons. The number of amides is 1. The Morgan fingerprint density at radius 1 is 1.42 bits per heavy atom. The molecule has 1 amide bonds. The van der Waals surface area contributed by atoms with Gasteiger partial charge in [-0.1, -0.05) is 12.1 Å². The van der Waals surface area contributed by atoms with E-state index in [2.05, 4.69) is 5.32 Å². The Bertz CT molecular complexity index is 541. The molecule has 0 saturated heterocycles. The van der Waals surface area contributed by atoms with E-state index in [0.717, 1.165) is 11.8 Å². The summed E-state index contributed by atoms with van der Waals surface area (Å²) in [5, 5.41) is 2.67. The number of benzene rings is 1. The van der Waals surface area contributed by atoms with Crippen LogP contribution < -0.4 is 11.1 Å². The molecule has 1 aromatic rings. The fraction of sp³-hybridized carbons (Fsp3) is 0.462. The minimum absolute atomic E-state index is 0.0446. The molecule has 0 saturated carbocycles. The monoisotopic (exact) mass is 284 g/mol. The minimum Gasteiger partial charge on any atom is -0.399 e. The quantitative estimate of drug-likeness (QED) is 0.754. The van der Waals surface area contributed by atoms with Gasteiger partial charge < -0.3 is 11.1 Å². The Labute approximate surface area is 114 Å². The number of hydrogen-bond acceptors (Lipinski definition) is 4. The molecule has 1 unspecified atom stereocenters. The lowest BCUT2D eigenvalue weighted by Gasteiger charge is -2.12. The van der Waals surface area contributed by atoms with Crippen LogP contribution in [0.4, 0.5) is 5.69 Å². The molecule has 0 heterocycles. The number of aryl methyl sites for hydroxylation is 1. The molecule has 1 atom stereocenters. The van der Waals surface area contributed by atoms with E-state index in [1.54, 1.807) is 13.0 Å². The van der Waals surface area contributed by atoms with Gasteiger partial charge in [-0.2, -0.15) is 0 Å². The second-order valence-corrected chi connectivity index (χ2v) is 6.99. The maximum atomic E-state index is 11.7. The van der Waals surface area contributed by atoms with Crippen LogP contribution >= 0.6 is 0 Å². The van der Waals surface area contributed by atoms with Crippen LogP contribution in [0.2, 0.25) is 0 Å². The summed E-state index contributed by atoms with van der Waals surface area (Å²) in [6.45, 7) is 1.68. The van der Waals surface area contributed by atoms with E-state index in [-0.39, 0.29) is 17.7 Å². The van der Waals surface area contributed by atoms with Crippen molar-refractivity contribution in [1.29, 1.82) is 0 Å². The first-order valence-electron chi connectivity index (χ1n) is 6.08. The summed E-state index contributed by atoms with van der Waals surface area (Å²) in [6, 6.07) is 6.99. The van der Waals surface area contributed by atoms with Crippen molar-refractivity contribution < 1.29 is 13.2 Å². The van der Waals surface area contributed by atoms with Crippen LogP contribution in [-0.2, 0) is 21.1 Å². The number of carbonyl (C=O) groups excluding carboxylic acids is 1. The van der Waals surface area contributed by atoms with E-state index < -0.39 is 9.84 Å². The van der Waals surface area contributed by atoms with Crippen LogP contribution in [0.5, 0.6) is 0 Å². The Balaban J connectivity index is 2.40. The predicted octanol–water partition coefficient (Wildman–Crippen LogP) is 0.751. The van der Waals surface area contributed by atoms with Gasteiger partial charge >= 0.3 is 0 Å². The highest BCUT2D eigenvalue weighted by molar-refractivity contribution is 7.90. The predicted molar refractivity (Wildman–Crippen MR) is 76.5 cm³/mol. The van der Waals surface area contributed by atoms with E-state index in [9.17, 15) is 13.2 Å². The van der Waals surface area contributed by atoms with Gasteiger partial charge in [-0.3, -0.25) is 4.79 Å². The molecule has 0 aliphatic heterocycles. The van der Waals surface area contributed by atoms with Gasteiger partial charge in [0, 0.05) is 24.4 Å². The van der Waals surface area contributed by atoms with E-state index in [1.165, 1.54) is 0 Å². The first kappa shape index (κ1) is 15.5. The molecule has 3 N–H and O–H groups in total. The fourth-order valence-corrected chi connectivity index (χ4v) is 2.84. The van der Waals surface area contributed by atoms with Gasteiger partial charge in [-0.25, -0.2) is 8.42 Å². The van der Waals surface area contributed by atoms with Gasteiger partial charge in [0.15, 0.2) is 0 Å². The van der Waals surface area contributed by atoms with Gasteiger partial charge in [0.25, 0.3) is 0 Å². The van der Waals surface area contributed by atoms with Crippen molar-refractivity contribution in [2.24, 2.45) is 0 Å². The van der Waals surface area contributed by atoms with Crippen molar-refractivity contribution in [3.8, 4) is 0 Å². The van der Waals surface area contributed by atoms with Crippen molar-refractivity contribution in [3.63, 3.8) is 0 Å². The van der Waals surface area contributed by atoms with E-state index >= 15 is 0 Å². The Hall–Kier alpha value is -1.56. The third-order valence-electron chi connectivity index (χ3n) is 2.55. The molecule has 0 aliphatic rings. The standard InChI is InChI=1S/C13H20N2O3S/c1-10(9-19(2,17)18)15-13(16)7-6-11-4-3-5-12(14)8-11/h3-5,8,10H,6-7,9,14H2,1-2H3,(H,15,16). The van der Waals surface area contributed by atoms with Crippen molar-refractivity contribution in [2.75, 3.05) is 17.7 Å². The summed E-state index contributed by atoms with van der Waals surface area (Å²) in [4.78, 5) is 11.7. The number of nitrogens with one attached hydrogen (secondary N) is 1. The zero-order valence-electron chi connectivity index (χ0n) is 11.2. The molecular weight excluding hydrogens is 264 g/mol. The second-order valence-electron chi connectivity index (χ2n) is 4.81. The van der Waals surface area contributed by atoms with Gasteiger partial charge in [0.1, 0.15) is 9.84 Å². The molecule has 0 fully saturated rings.